The van der Waals surface area contributed by atoms with E-state index in [2.05, 4.69) is 36.1 Å². The molecule has 3 aromatic heterocycles. The van der Waals surface area contributed by atoms with E-state index in [0.717, 1.165) is 11.0 Å². The van der Waals surface area contributed by atoms with Crippen LogP contribution in [0.5, 0.6) is 0 Å². The van der Waals surface area contributed by atoms with E-state index in [1.165, 1.54) is 12.4 Å². The third-order valence-electron chi connectivity index (χ3n) is 3.62. The molecule has 3 heterocycles. The largest absolute Gasteiger partial charge is 0.326 e. The summed E-state index contributed by atoms with van der Waals surface area (Å²) in [4.78, 5) is 21.1. The van der Waals surface area contributed by atoms with Crippen LogP contribution >= 0.6 is 23.2 Å². The molecule has 5 nitrogen and oxygen atoms in total. The molecule has 0 bridgehead atoms. The Hall–Kier alpha value is -2.11. The molecule has 0 aromatic carbocycles. The van der Waals surface area contributed by atoms with Crippen molar-refractivity contribution in [3.63, 3.8) is 0 Å². The van der Waals surface area contributed by atoms with Crippen LogP contribution in [-0.2, 0) is 5.54 Å². The molecular weight excluding hydrogens is 347 g/mol. The first-order valence-corrected chi connectivity index (χ1v) is 8.11. The Balaban J connectivity index is 2.08. The van der Waals surface area contributed by atoms with Crippen LogP contribution in [0.3, 0.4) is 0 Å². The van der Waals surface area contributed by atoms with Crippen LogP contribution in [0.4, 0.5) is 5.69 Å². The van der Waals surface area contributed by atoms with Gasteiger partial charge in [-0.25, -0.2) is 4.98 Å². The molecule has 0 atom stereocenters. The number of carbonyl (C=O) groups excluding carboxylic acids is 1. The molecule has 0 aliphatic carbocycles. The predicted octanol–water partition coefficient (Wildman–Crippen LogP) is 4.75. The average Bonchev–Trinajstić information content (AvgIpc) is 2.91. The van der Waals surface area contributed by atoms with Crippen molar-refractivity contribution in [1.29, 1.82) is 0 Å². The summed E-state index contributed by atoms with van der Waals surface area (Å²) in [6.45, 7) is 6.16. The first-order valence-electron chi connectivity index (χ1n) is 7.36. The molecule has 3 rings (SSSR count). The number of hydrogen-bond donors (Lipinski definition) is 1. The maximum Gasteiger partial charge on any atom is 0.257 e. The predicted molar refractivity (Wildman–Crippen MR) is 96.9 cm³/mol. The second-order valence-corrected chi connectivity index (χ2v) is 7.20. The fourth-order valence-corrected chi connectivity index (χ4v) is 2.92. The number of amides is 1. The number of rotatable bonds is 2. The summed E-state index contributed by atoms with van der Waals surface area (Å²) in [5, 5.41) is 4.11. The van der Waals surface area contributed by atoms with E-state index in [4.69, 9.17) is 23.2 Å². The highest BCUT2D eigenvalue weighted by Crippen LogP contribution is 2.31. The molecular formula is C17H16Cl2N4O. The highest BCUT2D eigenvalue weighted by atomic mass is 35.5. The smallest absolute Gasteiger partial charge is 0.257 e. The van der Waals surface area contributed by atoms with E-state index >= 15 is 0 Å². The zero-order valence-electron chi connectivity index (χ0n) is 13.5. The van der Waals surface area contributed by atoms with Crippen LogP contribution < -0.4 is 5.32 Å². The van der Waals surface area contributed by atoms with Gasteiger partial charge in [-0.05, 0) is 32.9 Å². The monoisotopic (exact) mass is 362 g/mol. The van der Waals surface area contributed by atoms with Crippen LogP contribution in [0, 0.1) is 0 Å². The van der Waals surface area contributed by atoms with Crippen LogP contribution in [0.1, 0.15) is 31.1 Å². The molecule has 0 aliphatic heterocycles. The Kier molecular flexibility index (Phi) is 4.24. The summed E-state index contributed by atoms with van der Waals surface area (Å²) in [7, 11) is 0. The number of nitrogens with zero attached hydrogens (tertiary/aromatic N) is 3. The minimum atomic E-state index is -0.300. The molecule has 0 spiro atoms. The van der Waals surface area contributed by atoms with E-state index in [1.807, 2.05) is 10.6 Å². The highest BCUT2D eigenvalue weighted by molar-refractivity contribution is 6.39. The molecule has 0 fully saturated rings. The van der Waals surface area contributed by atoms with Gasteiger partial charge in [0.15, 0.2) is 0 Å². The van der Waals surface area contributed by atoms with Gasteiger partial charge < -0.3 is 9.88 Å². The molecule has 3 aromatic rings. The van der Waals surface area contributed by atoms with Crippen LogP contribution in [0.2, 0.25) is 10.0 Å². The van der Waals surface area contributed by atoms with Crippen molar-refractivity contribution in [2.45, 2.75) is 26.3 Å². The van der Waals surface area contributed by atoms with E-state index in [9.17, 15) is 4.79 Å². The second-order valence-electron chi connectivity index (χ2n) is 6.39. The normalized spacial score (nSPS) is 11.7. The fourth-order valence-electron chi connectivity index (χ4n) is 2.46. The number of aromatic nitrogens is 3. The summed E-state index contributed by atoms with van der Waals surface area (Å²) in [5.74, 6) is -0.300. The molecule has 1 amide bonds. The summed E-state index contributed by atoms with van der Waals surface area (Å²) < 4.78 is 1.98. The molecule has 0 saturated heterocycles. The van der Waals surface area contributed by atoms with E-state index in [1.54, 1.807) is 18.5 Å². The zero-order valence-corrected chi connectivity index (χ0v) is 15.0. The fraction of sp³-hybridized carbons (Fsp3) is 0.235. The molecule has 7 heteroatoms. The summed E-state index contributed by atoms with van der Waals surface area (Å²) >= 11 is 12.2. The lowest BCUT2D eigenvalue weighted by molar-refractivity contribution is 0.102. The van der Waals surface area contributed by atoms with Gasteiger partial charge in [0.25, 0.3) is 5.91 Å². The first kappa shape index (κ1) is 16.7. The first-order chi connectivity index (χ1) is 11.3. The quantitative estimate of drug-likeness (QED) is 0.715. The van der Waals surface area contributed by atoms with Gasteiger partial charge in [0.2, 0.25) is 0 Å². The van der Waals surface area contributed by atoms with Gasteiger partial charge in [-0.2, -0.15) is 0 Å². The molecule has 0 unspecified atom stereocenters. The SMILES string of the molecule is CC(C)(C)n1cc(C(=O)Nc2c(Cl)cncc2Cl)c2cccnc21. The van der Waals surface area contributed by atoms with Gasteiger partial charge in [0.05, 0.1) is 21.3 Å². The molecule has 1 N–H and O–H groups in total. The van der Waals surface area contributed by atoms with E-state index in [0.29, 0.717) is 11.3 Å². The van der Waals surface area contributed by atoms with Crippen molar-refractivity contribution in [2.75, 3.05) is 5.32 Å². The van der Waals surface area contributed by atoms with Crippen LogP contribution in [0.15, 0.2) is 36.9 Å². The zero-order chi connectivity index (χ0) is 17.5. The lowest BCUT2D eigenvalue weighted by atomic mass is 10.1. The minimum absolute atomic E-state index is 0.211. The number of anilines is 1. The summed E-state index contributed by atoms with van der Waals surface area (Å²) in [6, 6.07) is 3.67. The van der Waals surface area contributed by atoms with Gasteiger partial charge in [-0.15, -0.1) is 0 Å². The third-order valence-corrected chi connectivity index (χ3v) is 4.20. The Morgan fingerprint density at radius 3 is 2.50 bits per heavy atom. The molecule has 24 heavy (non-hydrogen) atoms. The van der Waals surface area contributed by atoms with E-state index < -0.39 is 0 Å². The maximum absolute atomic E-state index is 12.8. The molecule has 0 aliphatic rings. The summed E-state index contributed by atoms with van der Waals surface area (Å²) in [5.41, 5.74) is 1.40. The lowest BCUT2D eigenvalue weighted by Gasteiger charge is -2.21. The van der Waals surface area contributed by atoms with Crippen molar-refractivity contribution >= 4 is 45.8 Å². The van der Waals surface area contributed by atoms with Gasteiger partial charge in [-0.1, -0.05) is 23.2 Å². The Labute approximate surface area is 149 Å². The van der Waals surface area contributed by atoms with Crippen molar-refractivity contribution in [1.82, 2.24) is 14.5 Å². The number of pyridine rings is 2. The third kappa shape index (κ3) is 2.97. The number of carbonyl (C=O) groups is 1. The van der Waals surface area contributed by atoms with Gasteiger partial charge in [0.1, 0.15) is 5.65 Å². The lowest BCUT2D eigenvalue weighted by Crippen LogP contribution is -2.21. The van der Waals surface area contributed by atoms with Crippen LogP contribution in [0.25, 0.3) is 11.0 Å². The van der Waals surface area contributed by atoms with Crippen molar-refractivity contribution in [3.8, 4) is 0 Å². The standard InChI is InChI=1S/C17H16Cl2N4O/c1-17(2,3)23-9-11(10-5-4-6-21-15(10)23)16(24)22-14-12(18)7-20-8-13(14)19/h4-9H,1-3H3,(H,20,22,24). The Bertz CT molecular complexity index is 908. The number of fused-ring (bicyclic) bond motifs is 1. The van der Waals surface area contributed by atoms with Crippen molar-refractivity contribution in [3.05, 3.63) is 52.5 Å². The topological polar surface area (TPSA) is 59.8 Å². The van der Waals surface area contributed by atoms with Crippen molar-refractivity contribution in [2.24, 2.45) is 0 Å². The van der Waals surface area contributed by atoms with Crippen LogP contribution in [-0.4, -0.2) is 20.4 Å². The minimum Gasteiger partial charge on any atom is -0.326 e. The molecule has 0 radical (unpaired) electrons. The van der Waals surface area contributed by atoms with Gasteiger partial charge >= 0.3 is 0 Å². The maximum atomic E-state index is 12.8. The highest BCUT2D eigenvalue weighted by Gasteiger charge is 2.23. The Morgan fingerprint density at radius 2 is 1.88 bits per heavy atom. The number of halogens is 2. The van der Waals surface area contributed by atoms with Gasteiger partial charge in [-0.3, -0.25) is 9.78 Å². The Morgan fingerprint density at radius 1 is 1.21 bits per heavy atom. The summed E-state index contributed by atoms with van der Waals surface area (Å²) in [6.07, 6.45) is 6.38. The number of nitrogens with one attached hydrogen (secondary N) is 1. The van der Waals surface area contributed by atoms with Crippen molar-refractivity contribution < 1.29 is 4.79 Å². The average molecular weight is 363 g/mol. The van der Waals surface area contributed by atoms with E-state index in [-0.39, 0.29) is 21.5 Å². The second kappa shape index (κ2) is 6.07. The van der Waals surface area contributed by atoms with Gasteiger partial charge in [0, 0.05) is 35.7 Å². The molecule has 0 saturated carbocycles. The molecule has 124 valence electrons. The number of hydrogen-bond acceptors (Lipinski definition) is 3.